The molecule has 1 atom stereocenters. The van der Waals surface area contributed by atoms with Gasteiger partial charge in [0.25, 0.3) is 0 Å². The summed E-state index contributed by atoms with van der Waals surface area (Å²) in [6.45, 7) is 0.525. The van der Waals surface area contributed by atoms with E-state index in [1.54, 1.807) is 12.1 Å². The van der Waals surface area contributed by atoms with Gasteiger partial charge in [0.2, 0.25) is 9.84 Å². The van der Waals surface area contributed by atoms with Crippen molar-refractivity contribution >= 4 is 21.4 Å². The highest BCUT2D eigenvalue weighted by Gasteiger charge is 2.33. The summed E-state index contributed by atoms with van der Waals surface area (Å²) in [6.07, 6.45) is 0.574. The van der Waals surface area contributed by atoms with Gasteiger partial charge < -0.3 is 4.74 Å². The summed E-state index contributed by atoms with van der Waals surface area (Å²) in [5, 5.41) is 0.526. The summed E-state index contributed by atoms with van der Waals surface area (Å²) in [4.78, 5) is 0.270. The van der Waals surface area contributed by atoms with Crippen LogP contribution in [0.1, 0.15) is 6.42 Å². The fourth-order valence-corrected chi connectivity index (χ4v) is 2.86. The van der Waals surface area contributed by atoms with E-state index in [2.05, 4.69) is 0 Å². The van der Waals surface area contributed by atoms with Gasteiger partial charge in [-0.3, -0.25) is 0 Å². The maximum atomic E-state index is 11.8. The Morgan fingerprint density at radius 3 is 2.29 bits per heavy atom. The Morgan fingerprint density at radius 2 is 1.86 bits per heavy atom. The average molecular weight is 233 g/mol. The number of sulfone groups is 1. The third-order valence-electron chi connectivity index (χ3n) is 2.15. The first-order chi connectivity index (χ1) is 6.60. The molecule has 0 aliphatic carbocycles. The second-order valence-electron chi connectivity index (χ2n) is 3.09. The number of hydrogen-bond acceptors (Lipinski definition) is 3. The Hall–Kier alpha value is -0.580. The van der Waals surface area contributed by atoms with Crippen LogP contribution >= 0.6 is 11.6 Å². The minimum Gasteiger partial charge on any atom is -0.362 e. The van der Waals surface area contributed by atoms with Crippen LogP contribution < -0.4 is 0 Å². The lowest BCUT2D eigenvalue weighted by Crippen LogP contribution is -2.34. The Bertz CT molecular complexity index is 420. The summed E-state index contributed by atoms with van der Waals surface area (Å²) in [7, 11) is -3.30. The summed E-state index contributed by atoms with van der Waals surface area (Å²) >= 11 is 5.66. The topological polar surface area (TPSA) is 43.4 Å². The molecule has 1 heterocycles. The van der Waals surface area contributed by atoms with Crippen LogP contribution in [0.5, 0.6) is 0 Å². The Balaban J connectivity index is 2.34. The molecule has 0 bridgehead atoms. The van der Waals surface area contributed by atoms with Crippen molar-refractivity contribution in [3.8, 4) is 0 Å². The maximum absolute atomic E-state index is 11.8. The predicted octanol–water partition coefficient (Wildman–Crippen LogP) is 1.86. The quantitative estimate of drug-likeness (QED) is 0.782. The molecule has 0 radical (unpaired) electrons. The van der Waals surface area contributed by atoms with Crippen LogP contribution in [0.3, 0.4) is 0 Å². The van der Waals surface area contributed by atoms with Crippen molar-refractivity contribution in [2.75, 3.05) is 6.61 Å². The molecule has 0 N–H and O–H groups in total. The van der Waals surface area contributed by atoms with Crippen molar-refractivity contribution in [1.82, 2.24) is 0 Å². The standard InChI is InChI=1S/C9H9ClO3S/c10-7-1-3-8(4-2-7)14(11,12)9-5-6-13-9/h1-4,9H,5-6H2/t9-/m0/s1. The molecule has 1 fully saturated rings. The third kappa shape index (κ3) is 1.65. The Morgan fingerprint density at radius 1 is 1.29 bits per heavy atom. The summed E-state index contributed by atoms with van der Waals surface area (Å²) in [6, 6.07) is 6.12. The van der Waals surface area contributed by atoms with E-state index in [1.807, 2.05) is 0 Å². The van der Waals surface area contributed by atoms with E-state index in [9.17, 15) is 8.42 Å². The molecule has 76 valence electrons. The molecule has 2 rings (SSSR count). The molecule has 14 heavy (non-hydrogen) atoms. The molecule has 0 spiro atoms. The molecule has 1 aromatic rings. The van der Waals surface area contributed by atoms with Gasteiger partial charge in [-0.15, -0.1) is 0 Å². The molecule has 1 aliphatic heterocycles. The SMILES string of the molecule is O=S(=O)(c1ccc(Cl)cc1)[C@H]1CCO1. The molecule has 0 amide bonds. The van der Waals surface area contributed by atoms with Crippen LogP contribution in [-0.2, 0) is 14.6 Å². The van der Waals surface area contributed by atoms with Crippen LogP contribution in [0, 0.1) is 0 Å². The predicted molar refractivity (Wildman–Crippen MR) is 53.0 cm³/mol. The number of hydrogen-bond donors (Lipinski definition) is 0. The fraction of sp³-hybridized carbons (Fsp3) is 0.333. The van der Waals surface area contributed by atoms with Gasteiger partial charge in [-0.05, 0) is 24.3 Å². The molecular weight excluding hydrogens is 224 g/mol. The average Bonchev–Trinajstić information content (AvgIpc) is 2.00. The van der Waals surface area contributed by atoms with E-state index < -0.39 is 15.3 Å². The molecule has 5 heteroatoms. The molecule has 0 aromatic heterocycles. The lowest BCUT2D eigenvalue weighted by molar-refractivity contribution is 0.00316. The van der Waals surface area contributed by atoms with Gasteiger partial charge in [-0.1, -0.05) is 11.6 Å². The van der Waals surface area contributed by atoms with Gasteiger partial charge in [0.05, 0.1) is 11.5 Å². The summed E-state index contributed by atoms with van der Waals surface area (Å²) in [5.41, 5.74) is -0.663. The molecular formula is C9H9ClO3S. The lowest BCUT2D eigenvalue weighted by atomic mass is 10.4. The van der Waals surface area contributed by atoms with Crippen LogP contribution in [0.25, 0.3) is 0 Å². The molecule has 3 nitrogen and oxygen atoms in total. The van der Waals surface area contributed by atoms with Gasteiger partial charge in [-0.2, -0.15) is 0 Å². The first-order valence-corrected chi connectivity index (χ1v) is 6.14. The van der Waals surface area contributed by atoms with Gasteiger partial charge in [0.15, 0.2) is 5.44 Å². The van der Waals surface area contributed by atoms with E-state index in [0.29, 0.717) is 18.1 Å². The lowest BCUT2D eigenvalue weighted by Gasteiger charge is -2.25. The number of ether oxygens (including phenoxy) is 1. The van der Waals surface area contributed by atoms with Gasteiger partial charge in [0, 0.05) is 11.4 Å². The van der Waals surface area contributed by atoms with Gasteiger partial charge >= 0.3 is 0 Å². The smallest absolute Gasteiger partial charge is 0.205 e. The summed E-state index contributed by atoms with van der Waals surface area (Å²) < 4.78 is 28.5. The van der Waals surface area contributed by atoms with Crippen molar-refractivity contribution in [2.45, 2.75) is 16.8 Å². The van der Waals surface area contributed by atoms with Crippen molar-refractivity contribution in [3.63, 3.8) is 0 Å². The van der Waals surface area contributed by atoms with E-state index >= 15 is 0 Å². The molecule has 0 saturated carbocycles. The number of halogens is 1. The van der Waals surface area contributed by atoms with Crippen LogP contribution in [0.4, 0.5) is 0 Å². The number of benzene rings is 1. The van der Waals surface area contributed by atoms with E-state index in [-0.39, 0.29) is 4.90 Å². The van der Waals surface area contributed by atoms with Gasteiger partial charge in [-0.25, -0.2) is 8.42 Å². The first kappa shape index (κ1) is 9.96. The van der Waals surface area contributed by atoms with Crippen molar-refractivity contribution in [2.24, 2.45) is 0 Å². The Labute approximate surface area is 87.6 Å². The number of rotatable bonds is 2. The minimum absolute atomic E-state index is 0.270. The van der Waals surface area contributed by atoms with Crippen molar-refractivity contribution in [3.05, 3.63) is 29.3 Å². The fourth-order valence-electron chi connectivity index (χ4n) is 1.23. The normalized spacial score (nSPS) is 21.6. The van der Waals surface area contributed by atoms with Crippen molar-refractivity contribution in [1.29, 1.82) is 0 Å². The zero-order chi connectivity index (χ0) is 10.2. The minimum atomic E-state index is -3.30. The second kappa shape index (κ2) is 3.53. The van der Waals surface area contributed by atoms with Crippen molar-refractivity contribution < 1.29 is 13.2 Å². The molecule has 1 aliphatic rings. The highest BCUT2D eigenvalue weighted by Crippen LogP contribution is 2.25. The Kier molecular flexibility index (Phi) is 2.51. The second-order valence-corrected chi connectivity index (χ2v) is 5.61. The van der Waals surface area contributed by atoms with Crippen LogP contribution in [0.15, 0.2) is 29.2 Å². The van der Waals surface area contributed by atoms with E-state index in [0.717, 1.165) is 0 Å². The largest absolute Gasteiger partial charge is 0.362 e. The summed E-state index contributed by atoms with van der Waals surface area (Å²) in [5.74, 6) is 0. The third-order valence-corrected chi connectivity index (χ3v) is 4.39. The highest BCUT2D eigenvalue weighted by molar-refractivity contribution is 7.92. The van der Waals surface area contributed by atoms with Crippen LogP contribution in [-0.4, -0.2) is 20.5 Å². The van der Waals surface area contributed by atoms with E-state index in [1.165, 1.54) is 12.1 Å². The first-order valence-electron chi connectivity index (χ1n) is 4.22. The zero-order valence-electron chi connectivity index (χ0n) is 7.31. The molecule has 0 unspecified atom stereocenters. The molecule has 1 aromatic carbocycles. The van der Waals surface area contributed by atoms with E-state index in [4.69, 9.17) is 16.3 Å². The maximum Gasteiger partial charge on any atom is 0.205 e. The van der Waals surface area contributed by atoms with Crippen LogP contribution in [0.2, 0.25) is 5.02 Å². The van der Waals surface area contributed by atoms with Gasteiger partial charge in [0.1, 0.15) is 0 Å². The monoisotopic (exact) mass is 232 g/mol. The highest BCUT2D eigenvalue weighted by atomic mass is 35.5. The zero-order valence-corrected chi connectivity index (χ0v) is 8.88. The molecule has 1 saturated heterocycles.